The molecule has 0 amide bonds. The summed E-state index contributed by atoms with van der Waals surface area (Å²) in [5.74, 6) is -0.174. The fourth-order valence-electron chi connectivity index (χ4n) is 0.162. The molecular formula is C3H6AlBrO2. The van der Waals surface area contributed by atoms with Crippen LogP contribution in [0.2, 0.25) is 0 Å². The van der Waals surface area contributed by atoms with E-state index in [0.717, 1.165) is 16.3 Å². The van der Waals surface area contributed by atoms with Crippen LogP contribution in [-0.4, -0.2) is 33.1 Å². The van der Waals surface area contributed by atoms with Crippen LogP contribution in [0.15, 0.2) is 0 Å². The van der Waals surface area contributed by atoms with Crippen molar-refractivity contribution in [3.63, 3.8) is 0 Å². The van der Waals surface area contributed by atoms with Crippen molar-refractivity contribution in [2.45, 2.75) is 3.69 Å². The molecule has 0 aromatic rings. The first kappa shape index (κ1) is 7.48. The lowest BCUT2D eigenvalue weighted by Crippen LogP contribution is -2.14. The van der Waals surface area contributed by atoms with Crippen LogP contribution >= 0.6 is 15.9 Å². The second kappa shape index (κ2) is 3.48. The number of carbonyl (C=O) groups excluding carboxylic acids is 1. The van der Waals surface area contributed by atoms with Gasteiger partial charge in [0.15, 0.2) is 0 Å². The van der Waals surface area contributed by atoms with Crippen LogP contribution in [0, 0.1) is 0 Å². The lowest BCUT2D eigenvalue weighted by atomic mass is 10.8. The lowest BCUT2D eigenvalue weighted by Gasteiger charge is -1.96. The minimum atomic E-state index is -0.174. The van der Waals surface area contributed by atoms with Crippen LogP contribution < -0.4 is 0 Å². The number of esters is 1. The van der Waals surface area contributed by atoms with Crippen molar-refractivity contribution in [1.29, 1.82) is 0 Å². The van der Waals surface area contributed by atoms with E-state index in [1.807, 2.05) is 0 Å². The molecule has 0 heterocycles. The Morgan fingerprint density at radius 1 is 2.00 bits per heavy atom. The summed E-state index contributed by atoms with van der Waals surface area (Å²) in [6, 6.07) is 0. The Balaban J connectivity index is 3.35. The van der Waals surface area contributed by atoms with E-state index in [0.29, 0.717) is 0 Å². The first-order chi connectivity index (χ1) is 3.18. The Morgan fingerprint density at radius 3 is 2.43 bits per heavy atom. The van der Waals surface area contributed by atoms with Gasteiger partial charge in [-0.1, -0.05) is 15.9 Å². The summed E-state index contributed by atoms with van der Waals surface area (Å²) in [5.41, 5.74) is 0. The number of rotatable bonds is 1. The van der Waals surface area contributed by atoms with Gasteiger partial charge in [0.25, 0.3) is 16.3 Å². The van der Waals surface area contributed by atoms with Gasteiger partial charge in [-0.25, -0.2) is 0 Å². The summed E-state index contributed by atoms with van der Waals surface area (Å²) in [7, 11) is 1.38. The highest BCUT2D eigenvalue weighted by Crippen LogP contribution is 1.93. The Bertz CT molecular complexity index is 73.3. The predicted octanol–water partition coefficient (Wildman–Crippen LogP) is -0.487. The fourth-order valence-corrected chi connectivity index (χ4v) is 0.585. The molecule has 0 spiro atoms. The number of ether oxygens (including phenoxy) is 1. The first-order valence-corrected chi connectivity index (χ1v) is 3.97. The van der Waals surface area contributed by atoms with Crippen molar-refractivity contribution in [3.8, 4) is 0 Å². The average Bonchev–Trinajstić information content (AvgIpc) is 1.65. The van der Waals surface area contributed by atoms with Crippen molar-refractivity contribution in [3.05, 3.63) is 0 Å². The van der Waals surface area contributed by atoms with Crippen LogP contribution in [0.3, 0.4) is 0 Å². The van der Waals surface area contributed by atoms with Crippen molar-refractivity contribution < 1.29 is 9.53 Å². The smallest absolute Gasteiger partial charge is 0.304 e. The van der Waals surface area contributed by atoms with Gasteiger partial charge in [0, 0.05) is 0 Å². The highest BCUT2D eigenvalue weighted by atomic mass is 79.9. The predicted molar refractivity (Wildman–Crippen MR) is 33.3 cm³/mol. The molecule has 0 aromatic carbocycles. The molecule has 40 valence electrons. The van der Waals surface area contributed by atoms with E-state index in [9.17, 15) is 4.79 Å². The topological polar surface area (TPSA) is 26.3 Å². The zero-order chi connectivity index (χ0) is 5.86. The molecule has 0 N–H and O–H groups in total. The number of carbonyl (C=O) groups is 1. The molecule has 0 radical (unpaired) electrons. The van der Waals surface area contributed by atoms with E-state index in [1.165, 1.54) is 7.11 Å². The number of hydrogen-bond donors (Lipinski definition) is 0. The Hall–Kier alpha value is 0.482. The summed E-state index contributed by atoms with van der Waals surface area (Å²) in [6.07, 6.45) is 0. The van der Waals surface area contributed by atoms with Gasteiger partial charge in [-0.3, -0.25) is 4.79 Å². The molecule has 0 saturated heterocycles. The Kier molecular flexibility index (Phi) is 3.72. The standard InChI is InChI=1S/C3H4BrO2.Al.2H/c1-6-3(5)2-4;;;/h2H,1H3;;;. The van der Waals surface area contributed by atoms with Gasteiger partial charge in [-0.05, 0) is 0 Å². The van der Waals surface area contributed by atoms with Crippen molar-refractivity contribution in [1.82, 2.24) is 0 Å². The third-order valence-electron chi connectivity index (χ3n) is 0.526. The van der Waals surface area contributed by atoms with E-state index in [4.69, 9.17) is 0 Å². The van der Waals surface area contributed by atoms with Gasteiger partial charge >= 0.3 is 5.97 Å². The van der Waals surface area contributed by atoms with Crippen LogP contribution in [0.1, 0.15) is 0 Å². The molecule has 0 fully saturated rings. The van der Waals surface area contributed by atoms with Crippen LogP contribution in [-0.2, 0) is 9.53 Å². The molecule has 1 unspecified atom stereocenters. The van der Waals surface area contributed by atoms with Crippen molar-refractivity contribution in [2.24, 2.45) is 0 Å². The highest BCUT2D eigenvalue weighted by Gasteiger charge is 2.05. The molecule has 7 heavy (non-hydrogen) atoms. The maximum absolute atomic E-state index is 10.3. The molecule has 2 nitrogen and oxygen atoms in total. The van der Waals surface area contributed by atoms with Gasteiger partial charge in [-0.2, -0.15) is 0 Å². The van der Waals surface area contributed by atoms with Gasteiger partial charge in [0.05, 0.1) is 10.8 Å². The number of alkyl halides is 1. The number of hydrogen-bond acceptors (Lipinski definition) is 2. The minimum Gasteiger partial charge on any atom is -0.469 e. The average molecular weight is 181 g/mol. The molecule has 0 aliphatic rings. The second-order valence-corrected chi connectivity index (χ2v) is 5.36. The lowest BCUT2D eigenvalue weighted by molar-refractivity contribution is -0.138. The van der Waals surface area contributed by atoms with E-state index in [2.05, 4.69) is 20.7 Å². The largest absolute Gasteiger partial charge is 0.469 e. The second-order valence-electron chi connectivity index (χ2n) is 1.14. The molecule has 4 heteroatoms. The summed E-state index contributed by atoms with van der Waals surface area (Å²) in [5, 5.41) is 0. The normalized spacial score (nSPS) is 12.9. The van der Waals surface area contributed by atoms with Gasteiger partial charge in [-0.15, -0.1) is 0 Å². The van der Waals surface area contributed by atoms with Crippen LogP contribution in [0.25, 0.3) is 0 Å². The Morgan fingerprint density at radius 2 is 2.43 bits per heavy atom. The number of halogens is 1. The molecular weight excluding hydrogens is 175 g/mol. The maximum Gasteiger partial charge on any atom is 0.304 e. The van der Waals surface area contributed by atoms with Crippen molar-refractivity contribution in [2.75, 3.05) is 7.11 Å². The molecule has 0 rings (SSSR count). The van der Waals surface area contributed by atoms with E-state index < -0.39 is 0 Å². The van der Waals surface area contributed by atoms with Crippen LogP contribution in [0.5, 0.6) is 0 Å². The van der Waals surface area contributed by atoms with Gasteiger partial charge < -0.3 is 4.74 Å². The van der Waals surface area contributed by atoms with Crippen molar-refractivity contribution >= 4 is 38.2 Å². The molecule has 0 aliphatic heterocycles. The molecule has 0 aromatic heterocycles. The summed E-state index contributed by atoms with van der Waals surface area (Å²) in [4.78, 5) is 10.3. The Labute approximate surface area is 58.8 Å². The first-order valence-electron chi connectivity index (χ1n) is 1.90. The maximum atomic E-state index is 10.3. The molecule has 0 bridgehead atoms. The zero-order valence-electron chi connectivity index (χ0n) is 4.27. The number of methoxy groups -OCH3 is 1. The van der Waals surface area contributed by atoms with Gasteiger partial charge in [0.2, 0.25) is 0 Å². The third kappa shape index (κ3) is 3.10. The van der Waals surface area contributed by atoms with Crippen LogP contribution in [0.4, 0.5) is 0 Å². The highest BCUT2D eigenvalue weighted by molar-refractivity contribution is 9.10. The minimum absolute atomic E-state index is 0.0440. The molecule has 1 atom stereocenters. The fraction of sp³-hybridized carbons (Fsp3) is 0.667. The summed E-state index contributed by atoms with van der Waals surface area (Å²) >= 11 is 3.89. The zero-order valence-corrected chi connectivity index (χ0v) is 7.86. The SMILES string of the molecule is COC(=O)[CH]([AlH2])Br. The summed E-state index contributed by atoms with van der Waals surface area (Å²) < 4.78 is 4.32. The monoisotopic (exact) mass is 180 g/mol. The molecule has 0 saturated carbocycles. The third-order valence-corrected chi connectivity index (χ3v) is 1.37. The van der Waals surface area contributed by atoms with E-state index in [-0.39, 0.29) is 9.66 Å². The van der Waals surface area contributed by atoms with Gasteiger partial charge in [0.1, 0.15) is 0 Å². The van der Waals surface area contributed by atoms with E-state index >= 15 is 0 Å². The molecule has 0 aliphatic carbocycles. The quantitative estimate of drug-likeness (QED) is 0.310. The van der Waals surface area contributed by atoms with E-state index in [1.54, 1.807) is 0 Å². The summed E-state index contributed by atoms with van der Waals surface area (Å²) in [6.45, 7) is 0.